The first-order chi connectivity index (χ1) is 14.5. The summed E-state index contributed by atoms with van der Waals surface area (Å²) in [5.41, 5.74) is 4.40. The van der Waals surface area contributed by atoms with Crippen LogP contribution >= 0.6 is 0 Å². The van der Waals surface area contributed by atoms with E-state index in [-0.39, 0.29) is 5.91 Å². The van der Waals surface area contributed by atoms with Gasteiger partial charge in [0.15, 0.2) is 5.65 Å². The van der Waals surface area contributed by atoms with Crippen LogP contribution in [0.4, 0.5) is 0 Å². The first-order valence-electron chi connectivity index (χ1n) is 10.4. The molecule has 1 aromatic carbocycles. The molecular weight excluding hydrogens is 380 g/mol. The Bertz CT molecular complexity index is 1040. The van der Waals surface area contributed by atoms with E-state index in [1.807, 2.05) is 31.5 Å². The maximum atomic E-state index is 12.8. The first-order valence-corrected chi connectivity index (χ1v) is 10.4. The van der Waals surface area contributed by atoms with E-state index in [1.54, 1.807) is 18.1 Å². The highest BCUT2D eigenvalue weighted by Crippen LogP contribution is 2.25. The van der Waals surface area contributed by atoms with Crippen LogP contribution in [0, 0.1) is 13.8 Å². The lowest BCUT2D eigenvalue weighted by atomic mass is 10.1. The molecule has 7 heteroatoms. The van der Waals surface area contributed by atoms with E-state index >= 15 is 0 Å². The molecule has 1 saturated heterocycles. The lowest BCUT2D eigenvalue weighted by Crippen LogP contribution is -2.31. The average molecular weight is 409 g/mol. The van der Waals surface area contributed by atoms with Crippen molar-refractivity contribution in [3.8, 4) is 5.75 Å². The summed E-state index contributed by atoms with van der Waals surface area (Å²) in [6.45, 7) is 6.52. The number of amides is 1. The normalized spacial score (nSPS) is 14.8. The van der Waals surface area contributed by atoms with Crippen LogP contribution in [-0.4, -0.2) is 58.8 Å². The van der Waals surface area contributed by atoms with Crippen molar-refractivity contribution < 1.29 is 14.3 Å². The average Bonchev–Trinajstić information content (AvgIpc) is 3.18. The van der Waals surface area contributed by atoms with Gasteiger partial charge in [0.05, 0.1) is 18.4 Å². The van der Waals surface area contributed by atoms with Crippen LogP contribution < -0.4 is 4.74 Å². The monoisotopic (exact) mass is 408 g/mol. The molecule has 0 N–H and O–H groups in total. The second kappa shape index (κ2) is 8.83. The predicted molar refractivity (Wildman–Crippen MR) is 115 cm³/mol. The number of imidazole rings is 1. The second-order valence-corrected chi connectivity index (χ2v) is 7.91. The maximum absolute atomic E-state index is 12.8. The Hall–Kier alpha value is -2.93. The van der Waals surface area contributed by atoms with E-state index in [2.05, 4.69) is 27.5 Å². The predicted octanol–water partition coefficient (Wildman–Crippen LogP) is 3.55. The minimum atomic E-state index is -0.0887. The molecule has 0 spiro atoms. The molecule has 0 unspecified atom stereocenters. The molecule has 158 valence electrons. The summed E-state index contributed by atoms with van der Waals surface area (Å²) in [5.74, 6) is 0.762. The number of hydrogen-bond acceptors (Lipinski definition) is 5. The molecule has 2 aromatic heterocycles. The molecule has 7 nitrogen and oxygen atoms in total. The molecule has 1 amide bonds. The zero-order chi connectivity index (χ0) is 21.1. The van der Waals surface area contributed by atoms with E-state index in [1.165, 1.54) is 5.56 Å². The molecule has 1 aliphatic rings. The van der Waals surface area contributed by atoms with Gasteiger partial charge in [-0.05, 0) is 44.4 Å². The van der Waals surface area contributed by atoms with Gasteiger partial charge in [0, 0.05) is 32.5 Å². The third kappa shape index (κ3) is 4.31. The van der Waals surface area contributed by atoms with E-state index in [9.17, 15) is 4.79 Å². The number of ether oxygens (including phenoxy) is 2. The van der Waals surface area contributed by atoms with Gasteiger partial charge in [-0.1, -0.05) is 17.7 Å². The van der Waals surface area contributed by atoms with Gasteiger partial charge >= 0.3 is 0 Å². The van der Waals surface area contributed by atoms with Gasteiger partial charge in [0.2, 0.25) is 0 Å². The smallest absolute Gasteiger partial charge is 0.255 e. The fourth-order valence-corrected chi connectivity index (χ4v) is 3.84. The Labute approximate surface area is 176 Å². The van der Waals surface area contributed by atoms with Gasteiger partial charge in [-0.2, -0.15) is 0 Å². The molecule has 3 aromatic rings. The van der Waals surface area contributed by atoms with E-state index in [4.69, 9.17) is 9.47 Å². The SMILES string of the molecule is Cc1ccc(OCCN(C)C(=O)c2cnc3c(c2)ncn3C2CCOCC2)c(C)c1. The number of benzene rings is 1. The van der Waals surface area contributed by atoms with E-state index in [0.717, 1.165) is 48.5 Å². The number of fused-ring (bicyclic) bond motifs is 1. The highest BCUT2D eigenvalue weighted by atomic mass is 16.5. The van der Waals surface area contributed by atoms with Crippen molar-refractivity contribution in [3.63, 3.8) is 0 Å². The van der Waals surface area contributed by atoms with Crippen LogP contribution in [0.25, 0.3) is 11.2 Å². The van der Waals surface area contributed by atoms with Crippen molar-refractivity contribution in [2.45, 2.75) is 32.7 Å². The minimum absolute atomic E-state index is 0.0887. The van der Waals surface area contributed by atoms with Crippen LogP contribution in [0.5, 0.6) is 5.75 Å². The van der Waals surface area contributed by atoms with Crippen LogP contribution in [-0.2, 0) is 4.74 Å². The number of nitrogens with zero attached hydrogens (tertiary/aromatic N) is 4. The molecule has 1 fully saturated rings. The Morgan fingerprint density at radius 3 is 2.80 bits per heavy atom. The number of likely N-dealkylation sites (N-methyl/N-ethyl adjacent to an activating group) is 1. The van der Waals surface area contributed by atoms with Crippen molar-refractivity contribution in [2.75, 3.05) is 33.4 Å². The Balaban J connectivity index is 1.39. The lowest BCUT2D eigenvalue weighted by molar-refractivity contribution is 0.0704. The first kappa shape index (κ1) is 20.3. The van der Waals surface area contributed by atoms with E-state index in [0.29, 0.717) is 24.8 Å². The third-order valence-corrected chi connectivity index (χ3v) is 5.61. The zero-order valence-electron chi connectivity index (χ0n) is 17.8. The second-order valence-electron chi connectivity index (χ2n) is 7.91. The molecule has 0 bridgehead atoms. The number of pyridine rings is 1. The van der Waals surface area contributed by atoms with Crippen LogP contribution in [0.3, 0.4) is 0 Å². The fourth-order valence-electron chi connectivity index (χ4n) is 3.84. The van der Waals surface area contributed by atoms with Crippen molar-refractivity contribution >= 4 is 17.1 Å². The number of aromatic nitrogens is 3. The molecule has 0 aliphatic carbocycles. The quantitative estimate of drug-likeness (QED) is 0.624. The van der Waals surface area contributed by atoms with Crippen LogP contribution in [0.15, 0.2) is 36.8 Å². The minimum Gasteiger partial charge on any atom is -0.491 e. The Kier molecular flexibility index (Phi) is 5.99. The summed E-state index contributed by atoms with van der Waals surface area (Å²) in [5, 5.41) is 0. The topological polar surface area (TPSA) is 69.5 Å². The van der Waals surface area contributed by atoms with Crippen molar-refractivity contribution in [2.24, 2.45) is 0 Å². The highest BCUT2D eigenvalue weighted by Gasteiger charge is 2.20. The molecule has 0 radical (unpaired) electrons. The van der Waals surface area contributed by atoms with Gasteiger partial charge < -0.3 is 18.9 Å². The third-order valence-electron chi connectivity index (χ3n) is 5.61. The van der Waals surface area contributed by atoms with Crippen LogP contribution in [0.1, 0.15) is 40.4 Å². The maximum Gasteiger partial charge on any atom is 0.255 e. The summed E-state index contributed by atoms with van der Waals surface area (Å²) in [6, 6.07) is 8.26. The molecule has 30 heavy (non-hydrogen) atoms. The summed E-state index contributed by atoms with van der Waals surface area (Å²) in [4.78, 5) is 23.5. The summed E-state index contributed by atoms with van der Waals surface area (Å²) in [6.07, 6.45) is 5.38. The Morgan fingerprint density at radius 1 is 1.23 bits per heavy atom. The molecule has 3 heterocycles. The van der Waals surface area contributed by atoms with Crippen molar-refractivity contribution in [1.82, 2.24) is 19.4 Å². The molecular formula is C23H28N4O3. The summed E-state index contributed by atoms with van der Waals surface area (Å²) in [7, 11) is 1.78. The van der Waals surface area contributed by atoms with Gasteiger partial charge in [0.1, 0.15) is 17.9 Å². The number of rotatable bonds is 6. The molecule has 0 saturated carbocycles. The molecule has 4 rings (SSSR count). The Morgan fingerprint density at radius 2 is 2.03 bits per heavy atom. The van der Waals surface area contributed by atoms with E-state index < -0.39 is 0 Å². The summed E-state index contributed by atoms with van der Waals surface area (Å²) >= 11 is 0. The van der Waals surface area contributed by atoms with Gasteiger partial charge in [0.25, 0.3) is 5.91 Å². The number of hydrogen-bond donors (Lipinski definition) is 0. The largest absolute Gasteiger partial charge is 0.491 e. The van der Waals surface area contributed by atoms with Crippen molar-refractivity contribution in [3.05, 3.63) is 53.5 Å². The van der Waals surface area contributed by atoms with Gasteiger partial charge in [-0.3, -0.25) is 4.79 Å². The van der Waals surface area contributed by atoms with Crippen LogP contribution in [0.2, 0.25) is 0 Å². The standard InChI is InChI=1S/C23H28N4O3/c1-16-4-5-21(17(2)12-16)30-11-8-26(3)23(28)18-13-20-22(24-14-18)27(15-25-20)19-6-9-29-10-7-19/h4-5,12-15,19H,6-11H2,1-3H3. The zero-order valence-corrected chi connectivity index (χ0v) is 17.8. The highest BCUT2D eigenvalue weighted by molar-refractivity contribution is 5.96. The molecule has 1 aliphatic heterocycles. The van der Waals surface area contributed by atoms with Gasteiger partial charge in [-0.15, -0.1) is 0 Å². The van der Waals surface area contributed by atoms with Gasteiger partial charge in [-0.25, -0.2) is 9.97 Å². The fraction of sp³-hybridized carbons (Fsp3) is 0.435. The number of aryl methyl sites for hydroxylation is 2. The number of carbonyl (C=O) groups is 1. The number of carbonyl (C=O) groups excluding carboxylic acids is 1. The lowest BCUT2D eigenvalue weighted by Gasteiger charge is -2.23. The summed E-state index contributed by atoms with van der Waals surface area (Å²) < 4.78 is 13.4. The molecule has 0 atom stereocenters. The van der Waals surface area contributed by atoms with Crippen molar-refractivity contribution in [1.29, 1.82) is 0 Å².